The van der Waals surface area contributed by atoms with Gasteiger partial charge >= 0.3 is 11.7 Å². The van der Waals surface area contributed by atoms with Gasteiger partial charge in [0.1, 0.15) is 0 Å². The smallest absolute Gasteiger partial charge is 0.330 e. The van der Waals surface area contributed by atoms with Gasteiger partial charge in [-0.2, -0.15) is 0 Å². The highest BCUT2D eigenvalue weighted by molar-refractivity contribution is 5.94. The monoisotopic (exact) mass is 419 g/mol. The highest BCUT2D eigenvalue weighted by Crippen LogP contribution is 2.17. The van der Waals surface area contributed by atoms with Crippen LogP contribution in [0.2, 0.25) is 0 Å². The molecule has 1 saturated heterocycles. The number of carbonyl (C=O) groups excluding carboxylic acids is 2. The number of aryl methyl sites for hydroxylation is 1. The van der Waals surface area contributed by atoms with Gasteiger partial charge < -0.3 is 20.5 Å². The van der Waals surface area contributed by atoms with Gasteiger partial charge in [-0.25, -0.2) is 9.59 Å². The van der Waals surface area contributed by atoms with E-state index in [1.54, 1.807) is 46.0 Å². The number of H-pyrrole nitrogens is 1. The van der Waals surface area contributed by atoms with E-state index in [0.29, 0.717) is 42.9 Å². The summed E-state index contributed by atoms with van der Waals surface area (Å²) in [6, 6.07) is 16.2. The van der Waals surface area contributed by atoms with Crippen molar-refractivity contribution in [3.05, 3.63) is 82.5 Å². The number of nitrogens with zero attached hydrogens (tertiary/aromatic N) is 2. The van der Waals surface area contributed by atoms with Gasteiger partial charge in [-0.3, -0.25) is 9.36 Å². The van der Waals surface area contributed by atoms with Gasteiger partial charge in [0.15, 0.2) is 0 Å². The number of rotatable bonds is 4. The summed E-state index contributed by atoms with van der Waals surface area (Å²) in [5, 5.41) is 5.95. The van der Waals surface area contributed by atoms with Gasteiger partial charge in [0.05, 0.1) is 5.69 Å². The number of aromatic amines is 1. The molecule has 0 saturated carbocycles. The van der Waals surface area contributed by atoms with Crippen LogP contribution in [0.3, 0.4) is 0 Å². The first-order valence-electron chi connectivity index (χ1n) is 10.3. The van der Waals surface area contributed by atoms with Gasteiger partial charge in [0.25, 0.3) is 5.91 Å². The lowest BCUT2D eigenvalue weighted by Crippen LogP contribution is -2.47. The molecule has 1 fully saturated rings. The van der Waals surface area contributed by atoms with Crippen LogP contribution in [0.25, 0.3) is 5.69 Å². The molecule has 31 heavy (non-hydrogen) atoms. The zero-order valence-corrected chi connectivity index (χ0v) is 17.3. The Kier molecular flexibility index (Phi) is 5.88. The summed E-state index contributed by atoms with van der Waals surface area (Å²) in [7, 11) is 0. The summed E-state index contributed by atoms with van der Waals surface area (Å²) >= 11 is 0. The number of imidazole rings is 1. The van der Waals surface area contributed by atoms with E-state index < -0.39 is 0 Å². The van der Waals surface area contributed by atoms with Crippen molar-refractivity contribution in [2.45, 2.75) is 25.8 Å². The molecule has 2 aromatic carbocycles. The molecule has 8 nitrogen and oxygen atoms in total. The zero-order valence-electron chi connectivity index (χ0n) is 17.3. The molecule has 8 heteroatoms. The first-order valence-corrected chi connectivity index (χ1v) is 10.3. The molecule has 160 valence electrons. The molecular weight excluding hydrogens is 394 g/mol. The second kappa shape index (κ2) is 8.91. The van der Waals surface area contributed by atoms with Crippen LogP contribution >= 0.6 is 0 Å². The van der Waals surface area contributed by atoms with Crippen molar-refractivity contribution < 1.29 is 9.59 Å². The van der Waals surface area contributed by atoms with E-state index in [1.165, 1.54) is 0 Å². The van der Waals surface area contributed by atoms with Crippen LogP contribution in [0.15, 0.2) is 65.6 Å². The van der Waals surface area contributed by atoms with Gasteiger partial charge in [0, 0.05) is 42.3 Å². The molecule has 0 aliphatic carbocycles. The molecule has 0 radical (unpaired) electrons. The van der Waals surface area contributed by atoms with Crippen molar-refractivity contribution in [1.82, 2.24) is 19.8 Å². The lowest BCUT2D eigenvalue weighted by molar-refractivity contribution is 0.0919. The Labute approximate surface area is 179 Å². The molecule has 2 heterocycles. The van der Waals surface area contributed by atoms with E-state index in [4.69, 9.17) is 0 Å². The van der Waals surface area contributed by atoms with Crippen molar-refractivity contribution in [2.75, 3.05) is 18.4 Å². The second-order valence-corrected chi connectivity index (χ2v) is 7.65. The standard InChI is InChI=1S/C23H25N5O3/c1-16-15-24-22(30)28(16)20-9-5-8-19(14-20)26-23(31)27-12-10-18(11-13-27)25-21(29)17-6-3-2-4-7-17/h2-9,14-15,18H,10-13H2,1H3,(H,24,30)(H,25,29)(H,26,31). The maximum absolute atomic E-state index is 12.7. The minimum Gasteiger partial charge on any atom is -0.349 e. The Bertz CT molecular complexity index is 1130. The summed E-state index contributed by atoms with van der Waals surface area (Å²) < 4.78 is 1.55. The van der Waals surface area contributed by atoms with Crippen molar-refractivity contribution in [3.8, 4) is 5.69 Å². The third-order valence-corrected chi connectivity index (χ3v) is 5.47. The summed E-state index contributed by atoms with van der Waals surface area (Å²) in [5.74, 6) is -0.0874. The summed E-state index contributed by atoms with van der Waals surface area (Å²) in [6.45, 7) is 2.95. The van der Waals surface area contributed by atoms with E-state index in [-0.39, 0.29) is 23.7 Å². The first kappa shape index (κ1) is 20.5. The number of likely N-dealkylation sites (tertiary alicyclic amines) is 1. The van der Waals surface area contributed by atoms with Crippen LogP contribution < -0.4 is 16.3 Å². The van der Waals surface area contributed by atoms with E-state index >= 15 is 0 Å². The van der Waals surface area contributed by atoms with Crippen LogP contribution in [-0.2, 0) is 0 Å². The Balaban J connectivity index is 1.33. The summed E-state index contributed by atoms with van der Waals surface area (Å²) in [4.78, 5) is 41.4. The highest BCUT2D eigenvalue weighted by Gasteiger charge is 2.24. The van der Waals surface area contributed by atoms with Crippen molar-refractivity contribution >= 4 is 17.6 Å². The fourth-order valence-corrected chi connectivity index (χ4v) is 3.79. The zero-order chi connectivity index (χ0) is 21.8. The highest BCUT2D eigenvalue weighted by atomic mass is 16.2. The Hall–Kier alpha value is -3.81. The average Bonchev–Trinajstić information content (AvgIpc) is 3.13. The maximum atomic E-state index is 12.7. The molecule has 0 unspecified atom stereocenters. The molecule has 3 amide bonds. The van der Waals surface area contributed by atoms with Crippen molar-refractivity contribution in [3.63, 3.8) is 0 Å². The predicted molar refractivity (Wildman–Crippen MR) is 119 cm³/mol. The normalized spacial score (nSPS) is 14.3. The van der Waals surface area contributed by atoms with Crippen LogP contribution in [0.5, 0.6) is 0 Å². The van der Waals surface area contributed by atoms with Gasteiger partial charge in [-0.15, -0.1) is 0 Å². The van der Waals surface area contributed by atoms with E-state index in [2.05, 4.69) is 15.6 Å². The quantitative estimate of drug-likeness (QED) is 0.606. The number of nitrogens with one attached hydrogen (secondary N) is 3. The second-order valence-electron chi connectivity index (χ2n) is 7.65. The number of hydrogen-bond donors (Lipinski definition) is 3. The van der Waals surface area contributed by atoms with Gasteiger partial charge in [0.2, 0.25) is 0 Å². The minimum atomic E-state index is -0.222. The number of piperidine rings is 1. The number of aromatic nitrogens is 2. The fraction of sp³-hybridized carbons (Fsp3) is 0.261. The number of anilines is 1. The molecule has 4 rings (SSSR count). The minimum absolute atomic E-state index is 0.0449. The molecule has 3 N–H and O–H groups in total. The van der Waals surface area contributed by atoms with Crippen molar-refractivity contribution in [2.24, 2.45) is 0 Å². The largest absolute Gasteiger partial charge is 0.349 e. The molecule has 0 spiro atoms. The Morgan fingerprint density at radius 2 is 1.77 bits per heavy atom. The van der Waals surface area contributed by atoms with Crippen LogP contribution in [0, 0.1) is 6.92 Å². The number of benzene rings is 2. The number of amides is 3. The topological polar surface area (TPSA) is 99.2 Å². The number of carbonyl (C=O) groups is 2. The number of hydrogen-bond acceptors (Lipinski definition) is 3. The molecular formula is C23H25N5O3. The SMILES string of the molecule is Cc1c[nH]c(=O)n1-c1cccc(NC(=O)N2CCC(NC(=O)c3ccccc3)CC2)c1. The average molecular weight is 419 g/mol. The third kappa shape index (κ3) is 4.69. The van der Waals surface area contributed by atoms with Crippen LogP contribution in [0.1, 0.15) is 28.9 Å². The third-order valence-electron chi connectivity index (χ3n) is 5.47. The van der Waals surface area contributed by atoms with E-state index in [0.717, 1.165) is 5.69 Å². The maximum Gasteiger partial charge on any atom is 0.330 e. The van der Waals surface area contributed by atoms with E-state index in [1.807, 2.05) is 31.2 Å². The summed E-state index contributed by atoms with van der Waals surface area (Å²) in [6.07, 6.45) is 3.04. The Morgan fingerprint density at radius 3 is 2.45 bits per heavy atom. The fourth-order valence-electron chi connectivity index (χ4n) is 3.79. The Morgan fingerprint density at radius 1 is 1.03 bits per heavy atom. The molecule has 3 aromatic rings. The predicted octanol–water partition coefficient (Wildman–Crippen LogP) is 2.90. The molecule has 1 aliphatic heterocycles. The van der Waals surface area contributed by atoms with E-state index in [9.17, 15) is 14.4 Å². The summed E-state index contributed by atoms with van der Waals surface area (Å²) in [5.41, 5.74) is 2.51. The lowest BCUT2D eigenvalue weighted by Gasteiger charge is -2.32. The molecule has 0 bridgehead atoms. The van der Waals surface area contributed by atoms with Crippen LogP contribution in [0.4, 0.5) is 10.5 Å². The van der Waals surface area contributed by atoms with Gasteiger partial charge in [-0.1, -0.05) is 24.3 Å². The number of urea groups is 1. The molecule has 1 aromatic heterocycles. The lowest BCUT2D eigenvalue weighted by atomic mass is 10.0. The van der Waals surface area contributed by atoms with Crippen molar-refractivity contribution in [1.29, 1.82) is 0 Å². The first-order chi connectivity index (χ1) is 15.0. The van der Waals surface area contributed by atoms with Crippen LogP contribution in [-0.4, -0.2) is 45.5 Å². The molecule has 0 atom stereocenters. The van der Waals surface area contributed by atoms with Gasteiger partial charge in [-0.05, 0) is 50.1 Å². The molecule has 1 aliphatic rings.